The monoisotopic (exact) mass is 485 g/mol. The van der Waals surface area contributed by atoms with Gasteiger partial charge in [-0.25, -0.2) is 0 Å². The molecular weight excluding hydrogens is 458 g/mol. The van der Waals surface area contributed by atoms with Crippen LogP contribution in [0.2, 0.25) is 0 Å². The SMILES string of the molecule is COc1cc(O)cc(-c2cc(CCCO)c(/C=C3\SC(=S)N(C4C[C@H]5CCC4C5)C3=O)o2)c1. The van der Waals surface area contributed by atoms with Crippen LogP contribution in [-0.2, 0) is 11.2 Å². The Morgan fingerprint density at radius 3 is 2.82 bits per heavy atom. The largest absolute Gasteiger partial charge is 0.508 e. The zero-order valence-corrected chi connectivity index (χ0v) is 20.1. The third-order valence-corrected chi connectivity index (χ3v) is 8.31. The van der Waals surface area contributed by atoms with Gasteiger partial charge in [0.2, 0.25) is 0 Å². The van der Waals surface area contributed by atoms with Crippen molar-refractivity contribution >= 4 is 40.3 Å². The number of phenols is 1. The van der Waals surface area contributed by atoms with Crippen LogP contribution in [-0.4, -0.2) is 45.1 Å². The second-order valence-electron chi connectivity index (χ2n) is 9.04. The minimum Gasteiger partial charge on any atom is -0.508 e. The molecule has 2 heterocycles. The number of ether oxygens (including phenoxy) is 1. The number of aromatic hydroxyl groups is 1. The van der Waals surface area contributed by atoms with Gasteiger partial charge in [0, 0.05) is 30.4 Å². The molecule has 2 N–H and O–H groups in total. The summed E-state index contributed by atoms with van der Waals surface area (Å²) in [4.78, 5) is 15.7. The number of aryl methyl sites for hydroxylation is 1. The molecule has 174 valence electrons. The minimum atomic E-state index is -0.0346. The van der Waals surface area contributed by atoms with Crippen LogP contribution >= 0.6 is 24.0 Å². The van der Waals surface area contributed by atoms with Crippen molar-refractivity contribution in [3.63, 3.8) is 0 Å². The van der Waals surface area contributed by atoms with Gasteiger partial charge in [0.15, 0.2) is 0 Å². The second-order valence-corrected chi connectivity index (χ2v) is 10.7. The van der Waals surface area contributed by atoms with Crippen molar-refractivity contribution in [2.45, 2.75) is 44.6 Å². The molecule has 2 aliphatic carbocycles. The van der Waals surface area contributed by atoms with E-state index in [-0.39, 0.29) is 24.3 Å². The van der Waals surface area contributed by atoms with Gasteiger partial charge in [-0.2, -0.15) is 0 Å². The van der Waals surface area contributed by atoms with E-state index >= 15 is 0 Å². The Balaban J connectivity index is 1.46. The molecule has 2 bridgehead atoms. The van der Waals surface area contributed by atoms with Crippen molar-refractivity contribution < 1.29 is 24.2 Å². The van der Waals surface area contributed by atoms with Crippen LogP contribution in [0.3, 0.4) is 0 Å². The maximum atomic E-state index is 13.3. The Bertz CT molecular complexity index is 1120. The number of carbonyl (C=O) groups excluding carboxylic acids is 1. The molecule has 1 saturated heterocycles. The summed E-state index contributed by atoms with van der Waals surface area (Å²) in [5, 5.41) is 19.4. The molecule has 1 aromatic carbocycles. The van der Waals surface area contributed by atoms with Crippen LogP contribution in [0.1, 0.15) is 43.4 Å². The Morgan fingerprint density at radius 2 is 2.12 bits per heavy atom. The van der Waals surface area contributed by atoms with Gasteiger partial charge in [-0.3, -0.25) is 9.69 Å². The van der Waals surface area contributed by atoms with Crippen molar-refractivity contribution in [3.8, 4) is 22.8 Å². The molecule has 0 spiro atoms. The fourth-order valence-electron chi connectivity index (χ4n) is 5.43. The van der Waals surface area contributed by atoms with E-state index in [0.717, 1.165) is 17.9 Å². The number of furan rings is 1. The van der Waals surface area contributed by atoms with Crippen LogP contribution in [0.5, 0.6) is 11.5 Å². The number of amides is 1. The minimum absolute atomic E-state index is 0.0346. The van der Waals surface area contributed by atoms with E-state index in [1.807, 2.05) is 11.0 Å². The summed E-state index contributed by atoms with van der Waals surface area (Å²) in [5.74, 6) is 2.99. The number of thiocarbonyl (C=S) groups is 1. The topological polar surface area (TPSA) is 83.1 Å². The molecule has 1 aromatic heterocycles. The lowest BCUT2D eigenvalue weighted by atomic mass is 9.94. The van der Waals surface area contributed by atoms with Crippen LogP contribution in [0.15, 0.2) is 33.6 Å². The lowest BCUT2D eigenvalue weighted by Gasteiger charge is -2.30. The summed E-state index contributed by atoms with van der Waals surface area (Å²) in [6.45, 7) is 0.0618. The molecule has 5 rings (SSSR count). The summed E-state index contributed by atoms with van der Waals surface area (Å²) in [6, 6.07) is 7.04. The third kappa shape index (κ3) is 4.32. The highest BCUT2D eigenvalue weighted by Gasteiger charge is 2.48. The fourth-order valence-corrected chi connectivity index (χ4v) is 6.77. The van der Waals surface area contributed by atoms with Gasteiger partial charge in [-0.05, 0) is 67.7 Å². The van der Waals surface area contributed by atoms with E-state index in [1.165, 1.54) is 44.2 Å². The average Bonchev–Trinajstić information content (AvgIpc) is 3.57. The highest BCUT2D eigenvalue weighted by Crippen LogP contribution is 2.49. The number of hydrogen-bond donors (Lipinski definition) is 2. The maximum Gasteiger partial charge on any atom is 0.266 e. The maximum absolute atomic E-state index is 13.3. The molecule has 3 atom stereocenters. The summed E-state index contributed by atoms with van der Waals surface area (Å²) >= 11 is 6.95. The predicted octanol–water partition coefficient (Wildman–Crippen LogP) is 4.98. The van der Waals surface area contributed by atoms with Gasteiger partial charge in [0.25, 0.3) is 5.91 Å². The second kappa shape index (κ2) is 9.16. The predicted molar refractivity (Wildman–Crippen MR) is 132 cm³/mol. The van der Waals surface area contributed by atoms with Crippen molar-refractivity contribution in [2.24, 2.45) is 11.8 Å². The smallest absolute Gasteiger partial charge is 0.266 e. The zero-order valence-electron chi connectivity index (χ0n) is 18.5. The highest BCUT2D eigenvalue weighted by molar-refractivity contribution is 8.26. The number of carbonyl (C=O) groups is 1. The molecule has 1 amide bonds. The standard InChI is InChI=1S/C25H27NO5S2/c1-30-19-10-17(9-18(28)12-19)21-11-16(3-2-6-27)22(31-21)13-23-24(29)26(25(32)33-23)20-8-14-4-5-15(20)7-14/h9-15,20,27-28H,2-8H2,1H3/b23-13-/t14-,15?,20?/m0/s1. The first kappa shape index (κ1) is 22.5. The van der Waals surface area contributed by atoms with Gasteiger partial charge < -0.3 is 19.4 Å². The first-order valence-electron chi connectivity index (χ1n) is 11.4. The van der Waals surface area contributed by atoms with E-state index < -0.39 is 0 Å². The summed E-state index contributed by atoms with van der Waals surface area (Å²) in [5.41, 5.74) is 1.57. The molecule has 3 fully saturated rings. The lowest BCUT2D eigenvalue weighted by Crippen LogP contribution is -2.41. The summed E-state index contributed by atoms with van der Waals surface area (Å²) in [7, 11) is 1.54. The number of methoxy groups -OCH3 is 1. The molecule has 2 saturated carbocycles. The number of rotatable bonds is 7. The van der Waals surface area contributed by atoms with Crippen LogP contribution in [0, 0.1) is 11.8 Å². The average molecular weight is 486 g/mol. The highest BCUT2D eigenvalue weighted by atomic mass is 32.2. The molecule has 3 aliphatic rings. The Kier molecular flexibility index (Phi) is 6.24. The van der Waals surface area contributed by atoms with E-state index in [4.69, 9.17) is 21.4 Å². The van der Waals surface area contributed by atoms with Crippen molar-refractivity contribution in [1.82, 2.24) is 4.90 Å². The van der Waals surface area contributed by atoms with E-state index in [2.05, 4.69) is 0 Å². The summed E-state index contributed by atoms with van der Waals surface area (Å²) < 4.78 is 12.0. The normalized spacial score (nSPS) is 25.6. The molecule has 6 nitrogen and oxygen atoms in total. The van der Waals surface area contributed by atoms with Crippen molar-refractivity contribution in [2.75, 3.05) is 13.7 Å². The number of aliphatic hydroxyl groups excluding tert-OH is 1. The molecule has 1 aliphatic heterocycles. The first-order valence-corrected chi connectivity index (χ1v) is 12.6. The van der Waals surface area contributed by atoms with E-state index in [1.54, 1.807) is 18.2 Å². The summed E-state index contributed by atoms with van der Waals surface area (Å²) in [6.07, 6.45) is 7.69. The molecule has 2 unspecified atom stereocenters. The Morgan fingerprint density at radius 1 is 1.27 bits per heavy atom. The van der Waals surface area contributed by atoms with Crippen molar-refractivity contribution in [1.29, 1.82) is 0 Å². The number of phenolic OH excluding ortho intramolecular Hbond substituents is 1. The number of benzene rings is 1. The fraction of sp³-hybridized carbons (Fsp3) is 0.440. The Labute approximate surface area is 202 Å². The molecular formula is C25H27NO5S2. The number of fused-ring (bicyclic) bond motifs is 2. The number of hydrogen-bond acceptors (Lipinski definition) is 7. The van der Waals surface area contributed by atoms with Gasteiger partial charge in [0.05, 0.1) is 12.0 Å². The lowest BCUT2D eigenvalue weighted by molar-refractivity contribution is -0.124. The van der Waals surface area contributed by atoms with E-state index in [0.29, 0.717) is 50.8 Å². The molecule has 33 heavy (non-hydrogen) atoms. The van der Waals surface area contributed by atoms with Gasteiger partial charge in [-0.15, -0.1) is 0 Å². The molecule has 2 aromatic rings. The van der Waals surface area contributed by atoms with Crippen LogP contribution < -0.4 is 4.74 Å². The van der Waals surface area contributed by atoms with Gasteiger partial charge in [-0.1, -0.05) is 30.4 Å². The van der Waals surface area contributed by atoms with E-state index in [9.17, 15) is 15.0 Å². The quantitative estimate of drug-likeness (QED) is 0.423. The number of thioether (sulfide) groups is 1. The van der Waals surface area contributed by atoms with Crippen LogP contribution in [0.25, 0.3) is 17.4 Å². The Hall–Kier alpha value is -2.29. The molecule has 0 radical (unpaired) electrons. The zero-order chi connectivity index (χ0) is 23.1. The molecule has 8 heteroatoms. The van der Waals surface area contributed by atoms with Crippen LogP contribution in [0.4, 0.5) is 0 Å². The van der Waals surface area contributed by atoms with Gasteiger partial charge in [0.1, 0.15) is 27.3 Å². The van der Waals surface area contributed by atoms with Crippen molar-refractivity contribution in [3.05, 3.63) is 40.5 Å². The number of aliphatic hydroxyl groups is 1. The number of nitrogens with zero attached hydrogens (tertiary/aromatic N) is 1. The first-order chi connectivity index (χ1) is 16.0. The third-order valence-electron chi connectivity index (χ3n) is 6.98. The van der Waals surface area contributed by atoms with Gasteiger partial charge >= 0.3 is 0 Å².